The summed E-state index contributed by atoms with van der Waals surface area (Å²) in [6, 6.07) is 8.03. The average Bonchev–Trinajstić information content (AvgIpc) is 2.90. The molecule has 0 aromatic heterocycles. The Morgan fingerprint density at radius 3 is 2.81 bits per heavy atom. The topological polar surface area (TPSA) is 32.3 Å². The molecule has 0 aliphatic carbocycles. The van der Waals surface area contributed by atoms with Crippen molar-refractivity contribution in [1.82, 2.24) is 4.90 Å². The van der Waals surface area contributed by atoms with Gasteiger partial charge in [-0.05, 0) is 50.9 Å². The Kier molecular flexibility index (Phi) is 7.76. The number of amides is 1. The first-order valence-electron chi connectivity index (χ1n) is 7.83. The first kappa shape index (κ1) is 18.0. The predicted molar refractivity (Wildman–Crippen MR) is 91.2 cm³/mol. The zero-order valence-electron chi connectivity index (χ0n) is 13.1. The summed E-state index contributed by atoms with van der Waals surface area (Å²) in [7, 11) is 0. The second-order valence-electron chi connectivity index (χ2n) is 5.71. The van der Waals surface area contributed by atoms with E-state index in [1.807, 2.05) is 31.2 Å². The van der Waals surface area contributed by atoms with Crippen LogP contribution < -0.4 is 5.32 Å². The molecule has 1 unspecified atom stereocenters. The van der Waals surface area contributed by atoms with Crippen molar-refractivity contribution in [1.29, 1.82) is 0 Å². The van der Waals surface area contributed by atoms with Gasteiger partial charge in [0.1, 0.15) is 0 Å². The van der Waals surface area contributed by atoms with Crippen molar-refractivity contribution in [3.8, 4) is 0 Å². The third-order valence-electron chi connectivity index (χ3n) is 4.12. The standard InChI is InChI=1S/C17H26N2O.ClH/c1-3-4-7-12-19-13-8-11-16(19)17(20)18-15-10-6-5-9-14(15)2;/h5-6,9-10,16H,3-4,7-8,11-13H2,1-2H3,(H,18,20);1H. The highest BCUT2D eigenvalue weighted by Gasteiger charge is 2.30. The van der Waals surface area contributed by atoms with Gasteiger partial charge in [0.25, 0.3) is 0 Å². The third-order valence-corrected chi connectivity index (χ3v) is 4.12. The second-order valence-corrected chi connectivity index (χ2v) is 5.71. The van der Waals surface area contributed by atoms with Crippen molar-refractivity contribution in [3.05, 3.63) is 29.8 Å². The van der Waals surface area contributed by atoms with E-state index in [2.05, 4.69) is 17.1 Å². The molecule has 1 N–H and O–H groups in total. The molecule has 0 radical (unpaired) electrons. The summed E-state index contributed by atoms with van der Waals surface area (Å²) >= 11 is 0. The summed E-state index contributed by atoms with van der Waals surface area (Å²) < 4.78 is 0. The maximum Gasteiger partial charge on any atom is 0.241 e. The molecule has 1 aliphatic rings. The molecular formula is C17H27ClN2O. The molecule has 0 saturated carbocycles. The van der Waals surface area contributed by atoms with E-state index in [9.17, 15) is 4.79 Å². The van der Waals surface area contributed by atoms with Crippen LogP contribution in [0.4, 0.5) is 5.69 Å². The number of unbranched alkanes of at least 4 members (excludes halogenated alkanes) is 2. The van der Waals surface area contributed by atoms with Crippen LogP contribution >= 0.6 is 12.4 Å². The fourth-order valence-corrected chi connectivity index (χ4v) is 2.88. The Bertz CT molecular complexity index is 450. The number of likely N-dealkylation sites (tertiary alicyclic amines) is 1. The number of halogens is 1. The largest absolute Gasteiger partial charge is 0.324 e. The molecule has 1 fully saturated rings. The van der Waals surface area contributed by atoms with Gasteiger partial charge in [0.05, 0.1) is 6.04 Å². The predicted octanol–water partition coefficient (Wildman–Crippen LogP) is 4.01. The molecule has 1 heterocycles. The van der Waals surface area contributed by atoms with Gasteiger partial charge >= 0.3 is 0 Å². The van der Waals surface area contributed by atoms with Gasteiger partial charge in [0, 0.05) is 5.69 Å². The van der Waals surface area contributed by atoms with E-state index in [1.165, 1.54) is 19.3 Å². The van der Waals surface area contributed by atoms with Crippen LogP contribution in [0, 0.1) is 6.92 Å². The Labute approximate surface area is 134 Å². The average molecular weight is 311 g/mol. The number of carbonyl (C=O) groups excluding carboxylic acids is 1. The lowest BCUT2D eigenvalue weighted by atomic mass is 10.1. The first-order chi connectivity index (χ1) is 9.72. The molecule has 1 amide bonds. The highest BCUT2D eigenvalue weighted by atomic mass is 35.5. The molecule has 1 aromatic carbocycles. The summed E-state index contributed by atoms with van der Waals surface area (Å²) in [6.45, 7) is 6.37. The smallest absolute Gasteiger partial charge is 0.241 e. The molecule has 2 rings (SSSR count). The second kappa shape index (κ2) is 9.06. The van der Waals surface area contributed by atoms with Gasteiger partial charge in [-0.25, -0.2) is 0 Å². The number of nitrogens with one attached hydrogen (secondary N) is 1. The molecule has 0 bridgehead atoms. The van der Waals surface area contributed by atoms with Crippen LogP contribution in [0.5, 0.6) is 0 Å². The van der Waals surface area contributed by atoms with E-state index in [-0.39, 0.29) is 24.4 Å². The molecule has 21 heavy (non-hydrogen) atoms. The minimum atomic E-state index is 0. The monoisotopic (exact) mass is 310 g/mol. The molecule has 4 heteroatoms. The number of para-hydroxylation sites is 1. The maximum atomic E-state index is 12.5. The number of aryl methyl sites for hydroxylation is 1. The van der Waals surface area contributed by atoms with Crippen molar-refractivity contribution < 1.29 is 4.79 Å². The maximum absolute atomic E-state index is 12.5. The molecule has 1 atom stereocenters. The summed E-state index contributed by atoms with van der Waals surface area (Å²) in [6.07, 6.45) is 5.81. The fourth-order valence-electron chi connectivity index (χ4n) is 2.88. The van der Waals surface area contributed by atoms with Crippen LogP contribution in [-0.4, -0.2) is 29.9 Å². The number of hydrogen-bond acceptors (Lipinski definition) is 2. The highest BCUT2D eigenvalue weighted by molar-refractivity contribution is 5.95. The third kappa shape index (κ3) is 5.01. The van der Waals surface area contributed by atoms with Crippen molar-refractivity contribution in [2.75, 3.05) is 18.4 Å². The van der Waals surface area contributed by atoms with Crippen LogP contribution in [0.1, 0.15) is 44.6 Å². The van der Waals surface area contributed by atoms with Crippen molar-refractivity contribution in [2.45, 2.75) is 52.0 Å². The van der Waals surface area contributed by atoms with Gasteiger partial charge in [-0.15, -0.1) is 12.4 Å². The van der Waals surface area contributed by atoms with E-state index in [4.69, 9.17) is 0 Å². The molecule has 118 valence electrons. The minimum absolute atomic E-state index is 0. The highest BCUT2D eigenvalue weighted by Crippen LogP contribution is 2.21. The molecule has 1 aliphatic heterocycles. The molecular weight excluding hydrogens is 284 g/mol. The summed E-state index contributed by atoms with van der Waals surface area (Å²) in [5, 5.41) is 3.09. The van der Waals surface area contributed by atoms with Crippen LogP contribution in [0.3, 0.4) is 0 Å². The van der Waals surface area contributed by atoms with E-state index < -0.39 is 0 Å². The number of benzene rings is 1. The Morgan fingerprint density at radius 2 is 2.10 bits per heavy atom. The van der Waals surface area contributed by atoms with E-state index in [1.54, 1.807) is 0 Å². The number of nitrogens with zero attached hydrogens (tertiary/aromatic N) is 1. The van der Waals surface area contributed by atoms with Crippen LogP contribution in [0.15, 0.2) is 24.3 Å². The SMILES string of the molecule is CCCCCN1CCCC1C(=O)Nc1ccccc1C.Cl. The minimum Gasteiger partial charge on any atom is -0.324 e. The van der Waals surface area contributed by atoms with E-state index in [0.29, 0.717) is 0 Å². The van der Waals surface area contributed by atoms with Gasteiger partial charge in [-0.3, -0.25) is 9.69 Å². The normalized spacial score (nSPS) is 18.3. The fraction of sp³-hybridized carbons (Fsp3) is 0.588. The molecule has 1 aromatic rings. The lowest BCUT2D eigenvalue weighted by Gasteiger charge is -2.23. The van der Waals surface area contributed by atoms with Gasteiger partial charge < -0.3 is 5.32 Å². The molecule has 1 saturated heterocycles. The van der Waals surface area contributed by atoms with Crippen LogP contribution in [0.2, 0.25) is 0 Å². The zero-order chi connectivity index (χ0) is 14.4. The first-order valence-corrected chi connectivity index (χ1v) is 7.83. The quantitative estimate of drug-likeness (QED) is 0.805. The summed E-state index contributed by atoms with van der Waals surface area (Å²) in [5.41, 5.74) is 2.06. The number of rotatable bonds is 6. The number of carbonyl (C=O) groups is 1. The molecule has 0 spiro atoms. The van der Waals surface area contributed by atoms with Crippen molar-refractivity contribution >= 4 is 24.0 Å². The summed E-state index contributed by atoms with van der Waals surface area (Å²) in [4.78, 5) is 14.8. The van der Waals surface area contributed by atoms with Gasteiger partial charge in [0.2, 0.25) is 5.91 Å². The van der Waals surface area contributed by atoms with Crippen molar-refractivity contribution in [3.63, 3.8) is 0 Å². The Balaban J connectivity index is 0.00000220. The Morgan fingerprint density at radius 1 is 1.33 bits per heavy atom. The van der Waals surface area contributed by atoms with Crippen LogP contribution in [0.25, 0.3) is 0 Å². The van der Waals surface area contributed by atoms with Crippen molar-refractivity contribution in [2.24, 2.45) is 0 Å². The summed E-state index contributed by atoms with van der Waals surface area (Å²) in [5.74, 6) is 0.160. The number of hydrogen-bond donors (Lipinski definition) is 1. The molecule has 3 nitrogen and oxygen atoms in total. The van der Waals surface area contributed by atoms with E-state index in [0.717, 1.165) is 37.2 Å². The Hall–Kier alpha value is -1.06. The number of anilines is 1. The van der Waals surface area contributed by atoms with Gasteiger partial charge in [0.15, 0.2) is 0 Å². The lowest BCUT2D eigenvalue weighted by molar-refractivity contribution is -0.120. The zero-order valence-corrected chi connectivity index (χ0v) is 13.9. The lowest BCUT2D eigenvalue weighted by Crippen LogP contribution is -2.40. The van der Waals surface area contributed by atoms with Gasteiger partial charge in [-0.1, -0.05) is 38.0 Å². The van der Waals surface area contributed by atoms with Crippen LogP contribution in [-0.2, 0) is 4.79 Å². The van der Waals surface area contributed by atoms with Gasteiger partial charge in [-0.2, -0.15) is 0 Å². The van der Waals surface area contributed by atoms with E-state index >= 15 is 0 Å².